The van der Waals surface area contributed by atoms with E-state index in [1.54, 1.807) is 6.07 Å². The number of nitrogen functional groups attached to an aromatic ring is 1. The molecule has 26 heavy (non-hydrogen) atoms. The lowest BCUT2D eigenvalue weighted by molar-refractivity contribution is 0.0618. The van der Waals surface area contributed by atoms with Gasteiger partial charge in [0.05, 0.1) is 22.9 Å². The molecule has 0 saturated carbocycles. The fourth-order valence-electron chi connectivity index (χ4n) is 4.50. The third kappa shape index (κ3) is 3.08. The van der Waals surface area contributed by atoms with Crippen LogP contribution >= 0.6 is 11.6 Å². The number of piperidine rings is 3. The number of amides is 1. The first kappa shape index (κ1) is 17.7. The standard InChI is InChI=1S/C20H26ClN3O2/c1-2-3-13-6-9-26-19-14(10-15(21)18(22)17(13)19)20(25)23-16-11-24-7-4-12(16)5-8-24/h3,10,12,16H,2,4-9,11,22H2,1H3,(H,23,25)/b13-3+. The second kappa shape index (κ2) is 7.12. The molecule has 0 spiro atoms. The average molecular weight is 376 g/mol. The van der Waals surface area contributed by atoms with E-state index in [-0.39, 0.29) is 11.9 Å². The smallest absolute Gasteiger partial charge is 0.255 e. The van der Waals surface area contributed by atoms with Gasteiger partial charge in [-0.25, -0.2) is 0 Å². The lowest BCUT2D eigenvalue weighted by Crippen LogP contribution is -2.57. The zero-order valence-corrected chi connectivity index (χ0v) is 15.9. The largest absolute Gasteiger partial charge is 0.492 e. The van der Waals surface area contributed by atoms with E-state index in [1.807, 2.05) is 0 Å². The van der Waals surface area contributed by atoms with E-state index in [0.29, 0.717) is 34.5 Å². The Morgan fingerprint density at radius 3 is 2.88 bits per heavy atom. The molecule has 4 heterocycles. The molecule has 0 aromatic heterocycles. The maximum absolute atomic E-state index is 13.1. The molecular weight excluding hydrogens is 350 g/mol. The number of nitrogens with zero attached hydrogens (tertiary/aromatic N) is 1. The molecular formula is C20H26ClN3O2. The molecule has 4 aliphatic heterocycles. The van der Waals surface area contributed by atoms with Crippen LogP contribution < -0.4 is 15.8 Å². The molecule has 0 radical (unpaired) electrons. The number of hydrogen-bond donors (Lipinski definition) is 2. The van der Waals surface area contributed by atoms with E-state index in [9.17, 15) is 4.79 Å². The molecule has 1 unspecified atom stereocenters. The number of fused-ring (bicyclic) bond motifs is 4. The number of benzene rings is 1. The molecule has 5 rings (SSSR count). The monoisotopic (exact) mass is 375 g/mol. The number of carbonyl (C=O) groups excluding carboxylic acids is 1. The van der Waals surface area contributed by atoms with Crippen molar-refractivity contribution in [2.75, 3.05) is 32.0 Å². The minimum atomic E-state index is -0.111. The topological polar surface area (TPSA) is 67.6 Å². The molecule has 6 heteroatoms. The van der Waals surface area contributed by atoms with E-state index in [0.717, 1.165) is 56.5 Å². The van der Waals surface area contributed by atoms with Gasteiger partial charge in [-0.2, -0.15) is 0 Å². The highest BCUT2D eigenvalue weighted by molar-refractivity contribution is 6.34. The zero-order chi connectivity index (χ0) is 18.3. The summed E-state index contributed by atoms with van der Waals surface area (Å²) in [6, 6.07) is 1.85. The number of rotatable bonds is 3. The molecule has 3 saturated heterocycles. The molecule has 2 bridgehead atoms. The summed E-state index contributed by atoms with van der Waals surface area (Å²) in [6.07, 6.45) is 6.15. The van der Waals surface area contributed by atoms with Gasteiger partial charge in [0, 0.05) is 24.6 Å². The molecule has 4 aliphatic rings. The molecule has 1 atom stereocenters. The lowest BCUT2D eigenvalue weighted by atomic mass is 9.84. The van der Waals surface area contributed by atoms with Gasteiger partial charge in [-0.3, -0.25) is 4.79 Å². The van der Waals surface area contributed by atoms with Crippen LogP contribution in [0.2, 0.25) is 5.02 Å². The summed E-state index contributed by atoms with van der Waals surface area (Å²) in [5, 5.41) is 3.64. The minimum absolute atomic E-state index is 0.111. The highest BCUT2D eigenvalue weighted by Crippen LogP contribution is 2.43. The number of anilines is 1. The summed E-state index contributed by atoms with van der Waals surface area (Å²) in [5.41, 5.74) is 9.15. The van der Waals surface area contributed by atoms with E-state index in [2.05, 4.69) is 23.2 Å². The summed E-state index contributed by atoms with van der Waals surface area (Å²) in [4.78, 5) is 15.5. The van der Waals surface area contributed by atoms with Crippen molar-refractivity contribution in [2.24, 2.45) is 5.92 Å². The summed E-state index contributed by atoms with van der Waals surface area (Å²) in [7, 11) is 0. The number of hydrogen-bond acceptors (Lipinski definition) is 4. The van der Waals surface area contributed by atoms with Gasteiger partial charge in [-0.05, 0) is 49.9 Å². The third-order valence-electron chi connectivity index (χ3n) is 5.88. The summed E-state index contributed by atoms with van der Waals surface area (Å²) in [6.45, 7) is 5.87. The van der Waals surface area contributed by atoms with Crippen LogP contribution in [-0.4, -0.2) is 43.1 Å². The maximum Gasteiger partial charge on any atom is 0.255 e. The Labute approximate surface area is 159 Å². The zero-order valence-electron chi connectivity index (χ0n) is 15.2. The Hall–Kier alpha value is -1.72. The molecule has 3 fully saturated rings. The van der Waals surface area contributed by atoms with E-state index >= 15 is 0 Å². The van der Waals surface area contributed by atoms with Crippen LogP contribution in [0.15, 0.2) is 12.1 Å². The van der Waals surface area contributed by atoms with Gasteiger partial charge in [0.2, 0.25) is 0 Å². The van der Waals surface area contributed by atoms with Gasteiger partial charge in [0.1, 0.15) is 5.75 Å². The van der Waals surface area contributed by atoms with Gasteiger partial charge in [-0.1, -0.05) is 24.6 Å². The van der Waals surface area contributed by atoms with Gasteiger partial charge in [-0.15, -0.1) is 0 Å². The number of allylic oxidation sites excluding steroid dienone is 1. The predicted molar refractivity (Wildman–Crippen MR) is 105 cm³/mol. The Morgan fingerprint density at radius 2 is 2.23 bits per heavy atom. The van der Waals surface area contributed by atoms with Crippen molar-refractivity contribution in [2.45, 2.75) is 38.6 Å². The van der Waals surface area contributed by atoms with Gasteiger partial charge >= 0.3 is 0 Å². The molecule has 140 valence electrons. The first-order valence-corrected chi connectivity index (χ1v) is 9.93. The van der Waals surface area contributed by atoms with E-state index < -0.39 is 0 Å². The van der Waals surface area contributed by atoms with Crippen LogP contribution in [-0.2, 0) is 0 Å². The number of carbonyl (C=O) groups is 1. The SMILES string of the molecule is CC/C=C1\CCOc2c(C(=O)NC3CN4CCC3CC4)cc(Cl)c(N)c21. The van der Waals surface area contributed by atoms with E-state index in [1.165, 1.54) is 0 Å². The number of ether oxygens (including phenoxy) is 1. The van der Waals surface area contributed by atoms with Crippen LogP contribution in [0.5, 0.6) is 5.75 Å². The number of nitrogens with two attached hydrogens (primary N) is 1. The minimum Gasteiger partial charge on any atom is -0.492 e. The Morgan fingerprint density at radius 1 is 1.46 bits per heavy atom. The highest BCUT2D eigenvalue weighted by atomic mass is 35.5. The molecule has 1 aromatic carbocycles. The summed E-state index contributed by atoms with van der Waals surface area (Å²) in [5.74, 6) is 1.04. The summed E-state index contributed by atoms with van der Waals surface area (Å²) >= 11 is 6.37. The van der Waals surface area contributed by atoms with Crippen LogP contribution in [0.25, 0.3) is 5.57 Å². The molecule has 3 N–H and O–H groups in total. The second-order valence-electron chi connectivity index (χ2n) is 7.48. The van der Waals surface area contributed by atoms with Crippen LogP contribution in [0, 0.1) is 5.92 Å². The van der Waals surface area contributed by atoms with Crippen molar-refractivity contribution in [3.63, 3.8) is 0 Å². The Bertz CT molecular complexity index is 754. The Kier molecular flexibility index (Phi) is 4.84. The predicted octanol–water partition coefficient (Wildman–Crippen LogP) is 3.32. The van der Waals surface area contributed by atoms with Crippen molar-refractivity contribution in [3.8, 4) is 5.75 Å². The van der Waals surface area contributed by atoms with Gasteiger partial charge < -0.3 is 20.7 Å². The Balaban J connectivity index is 1.66. The normalized spacial score (nSPS) is 28.5. The van der Waals surface area contributed by atoms with Gasteiger partial charge in [0.15, 0.2) is 0 Å². The van der Waals surface area contributed by atoms with Crippen molar-refractivity contribution in [1.29, 1.82) is 0 Å². The molecule has 0 aliphatic carbocycles. The fraction of sp³-hybridized carbons (Fsp3) is 0.550. The van der Waals surface area contributed by atoms with Crippen molar-refractivity contribution < 1.29 is 9.53 Å². The molecule has 1 aromatic rings. The van der Waals surface area contributed by atoms with Crippen LogP contribution in [0.4, 0.5) is 5.69 Å². The fourth-order valence-corrected chi connectivity index (χ4v) is 4.70. The molecule has 5 nitrogen and oxygen atoms in total. The lowest BCUT2D eigenvalue weighted by Gasteiger charge is -2.45. The first-order valence-electron chi connectivity index (χ1n) is 9.55. The highest BCUT2D eigenvalue weighted by Gasteiger charge is 2.36. The number of halogens is 1. The van der Waals surface area contributed by atoms with Crippen LogP contribution in [0.3, 0.4) is 0 Å². The maximum atomic E-state index is 13.1. The molecule has 1 amide bonds. The third-order valence-corrected chi connectivity index (χ3v) is 6.19. The van der Waals surface area contributed by atoms with Gasteiger partial charge in [0.25, 0.3) is 5.91 Å². The van der Waals surface area contributed by atoms with Crippen molar-refractivity contribution in [3.05, 3.63) is 28.3 Å². The van der Waals surface area contributed by atoms with Crippen molar-refractivity contribution in [1.82, 2.24) is 10.2 Å². The van der Waals surface area contributed by atoms with Crippen molar-refractivity contribution >= 4 is 28.8 Å². The van der Waals surface area contributed by atoms with Crippen LogP contribution in [0.1, 0.15) is 48.5 Å². The number of nitrogens with one attached hydrogen (secondary N) is 1. The quantitative estimate of drug-likeness (QED) is 0.795. The first-order chi connectivity index (χ1) is 12.6. The van der Waals surface area contributed by atoms with E-state index in [4.69, 9.17) is 22.1 Å². The second-order valence-corrected chi connectivity index (χ2v) is 7.89. The summed E-state index contributed by atoms with van der Waals surface area (Å²) < 4.78 is 5.89. The average Bonchev–Trinajstić information content (AvgIpc) is 2.66.